The Kier molecular flexibility index (Phi) is 5.93. The van der Waals surface area contributed by atoms with Gasteiger partial charge in [-0.3, -0.25) is 10.1 Å². The van der Waals surface area contributed by atoms with Gasteiger partial charge in [-0.15, -0.1) is 0 Å². The van der Waals surface area contributed by atoms with Gasteiger partial charge >= 0.3 is 0 Å². The highest BCUT2D eigenvalue weighted by molar-refractivity contribution is 5.82. The molecular weight excluding hydrogens is 264 g/mol. The van der Waals surface area contributed by atoms with Crippen LogP contribution in [0, 0.1) is 0 Å². The van der Waals surface area contributed by atoms with Gasteiger partial charge in [-0.2, -0.15) is 0 Å². The van der Waals surface area contributed by atoms with Crippen molar-refractivity contribution in [2.75, 3.05) is 6.61 Å². The fraction of sp³-hybridized carbons (Fsp3) is 0.588. The van der Waals surface area contributed by atoms with E-state index in [1.54, 1.807) is 0 Å². The molecule has 2 unspecified atom stereocenters. The summed E-state index contributed by atoms with van der Waals surface area (Å²) in [5.41, 5.74) is 0.0888. The van der Waals surface area contributed by atoms with Crippen molar-refractivity contribution in [2.24, 2.45) is 0 Å². The molecule has 1 aromatic rings. The molecule has 4 nitrogen and oxygen atoms in total. The molecule has 21 heavy (non-hydrogen) atoms. The van der Waals surface area contributed by atoms with Gasteiger partial charge in [0.2, 0.25) is 5.91 Å². The molecule has 0 saturated heterocycles. The highest BCUT2D eigenvalue weighted by atomic mass is 16.3. The molecule has 0 saturated carbocycles. The Morgan fingerprint density at radius 1 is 1.24 bits per heavy atom. The number of hydrogen-bond acceptors (Lipinski definition) is 3. The molecule has 1 amide bonds. The van der Waals surface area contributed by atoms with E-state index in [1.807, 2.05) is 65.0 Å². The zero-order valence-corrected chi connectivity index (χ0v) is 13.7. The largest absolute Gasteiger partial charge is 0.394 e. The molecule has 0 fully saturated rings. The molecule has 1 rings (SSSR count). The summed E-state index contributed by atoms with van der Waals surface area (Å²) in [6.45, 7) is 9.68. The third kappa shape index (κ3) is 4.83. The lowest BCUT2D eigenvalue weighted by molar-refractivity contribution is -0.125. The number of hydrogen-bond donors (Lipinski definition) is 3. The molecule has 0 bridgehead atoms. The fourth-order valence-electron chi connectivity index (χ4n) is 2.10. The van der Waals surface area contributed by atoms with Crippen LogP contribution in [0.4, 0.5) is 0 Å². The van der Waals surface area contributed by atoms with Gasteiger partial charge in [-0.05, 0) is 39.7 Å². The zero-order valence-electron chi connectivity index (χ0n) is 13.7. The van der Waals surface area contributed by atoms with Crippen LogP contribution in [0.15, 0.2) is 30.3 Å². The SMILES string of the molecule is CCC(C)(C)NC(=O)C(C)NC(C)(CO)c1ccccc1. The van der Waals surface area contributed by atoms with Gasteiger partial charge in [-0.1, -0.05) is 37.3 Å². The number of benzene rings is 1. The summed E-state index contributed by atoms with van der Waals surface area (Å²) < 4.78 is 0. The van der Waals surface area contributed by atoms with Gasteiger partial charge < -0.3 is 10.4 Å². The maximum Gasteiger partial charge on any atom is 0.237 e. The predicted octanol–water partition coefficient (Wildman–Crippen LogP) is 2.18. The van der Waals surface area contributed by atoms with Gasteiger partial charge in [0.1, 0.15) is 0 Å². The average molecular weight is 292 g/mol. The monoisotopic (exact) mass is 292 g/mol. The first-order valence-corrected chi connectivity index (χ1v) is 7.50. The summed E-state index contributed by atoms with van der Waals surface area (Å²) in [5.74, 6) is -0.0579. The van der Waals surface area contributed by atoms with Gasteiger partial charge in [0.05, 0.1) is 18.2 Å². The summed E-state index contributed by atoms with van der Waals surface area (Å²) >= 11 is 0. The molecule has 0 radical (unpaired) electrons. The van der Waals surface area contributed by atoms with E-state index in [9.17, 15) is 9.90 Å². The first kappa shape index (κ1) is 17.7. The molecule has 2 atom stereocenters. The lowest BCUT2D eigenvalue weighted by Gasteiger charge is -2.34. The van der Waals surface area contributed by atoms with Crippen LogP contribution in [0.2, 0.25) is 0 Å². The fourth-order valence-corrected chi connectivity index (χ4v) is 2.10. The van der Waals surface area contributed by atoms with Crippen molar-refractivity contribution >= 4 is 5.91 Å². The molecule has 118 valence electrons. The molecule has 0 aromatic heterocycles. The van der Waals surface area contributed by atoms with Gasteiger partial charge in [0.15, 0.2) is 0 Å². The number of carbonyl (C=O) groups excluding carboxylic acids is 1. The quantitative estimate of drug-likeness (QED) is 0.722. The van der Waals surface area contributed by atoms with E-state index in [1.165, 1.54) is 0 Å². The number of aliphatic hydroxyl groups is 1. The summed E-state index contributed by atoms with van der Waals surface area (Å²) in [6, 6.07) is 9.29. The second kappa shape index (κ2) is 7.05. The van der Waals surface area contributed by atoms with Crippen LogP contribution in [-0.2, 0) is 10.3 Å². The molecule has 4 heteroatoms. The normalized spacial score (nSPS) is 16.1. The number of carbonyl (C=O) groups is 1. The lowest BCUT2D eigenvalue weighted by Crippen LogP contribution is -2.56. The average Bonchev–Trinajstić information content (AvgIpc) is 2.47. The molecule has 3 N–H and O–H groups in total. The van der Waals surface area contributed by atoms with Crippen molar-refractivity contribution in [1.29, 1.82) is 0 Å². The summed E-state index contributed by atoms with van der Waals surface area (Å²) in [7, 11) is 0. The first-order valence-electron chi connectivity index (χ1n) is 7.50. The Morgan fingerprint density at radius 2 is 1.81 bits per heavy atom. The van der Waals surface area contributed by atoms with Crippen molar-refractivity contribution < 1.29 is 9.90 Å². The highest BCUT2D eigenvalue weighted by Gasteiger charge is 2.30. The van der Waals surface area contributed by atoms with Gasteiger partial charge in [-0.25, -0.2) is 0 Å². The van der Waals surface area contributed by atoms with E-state index in [2.05, 4.69) is 10.6 Å². The van der Waals surface area contributed by atoms with E-state index < -0.39 is 11.6 Å². The van der Waals surface area contributed by atoms with Gasteiger partial charge in [0.25, 0.3) is 0 Å². The molecule has 0 aliphatic heterocycles. The van der Waals surface area contributed by atoms with Crippen LogP contribution >= 0.6 is 0 Å². The van der Waals surface area contributed by atoms with E-state index in [0.717, 1.165) is 12.0 Å². The van der Waals surface area contributed by atoms with Crippen LogP contribution in [0.25, 0.3) is 0 Å². The van der Waals surface area contributed by atoms with Crippen LogP contribution in [0.5, 0.6) is 0 Å². The lowest BCUT2D eigenvalue weighted by atomic mass is 9.91. The minimum absolute atomic E-state index is 0.0579. The van der Waals surface area contributed by atoms with Gasteiger partial charge in [0, 0.05) is 5.54 Å². The molecule has 0 aliphatic carbocycles. The van der Waals surface area contributed by atoms with Crippen molar-refractivity contribution in [3.8, 4) is 0 Å². The van der Waals surface area contributed by atoms with Crippen LogP contribution in [0.1, 0.15) is 46.6 Å². The van der Waals surface area contributed by atoms with Crippen molar-refractivity contribution in [2.45, 2.75) is 58.2 Å². The van der Waals surface area contributed by atoms with Crippen LogP contribution in [-0.4, -0.2) is 29.2 Å². The molecule has 1 aromatic carbocycles. The molecular formula is C17H28N2O2. The maximum atomic E-state index is 12.3. The highest BCUT2D eigenvalue weighted by Crippen LogP contribution is 2.20. The summed E-state index contributed by atoms with van der Waals surface area (Å²) in [5, 5.41) is 16.0. The van der Waals surface area contributed by atoms with E-state index in [-0.39, 0.29) is 18.1 Å². The van der Waals surface area contributed by atoms with Crippen molar-refractivity contribution in [3.05, 3.63) is 35.9 Å². The van der Waals surface area contributed by atoms with Crippen molar-refractivity contribution in [1.82, 2.24) is 10.6 Å². The number of nitrogens with one attached hydrogen (secondary N) is 2. The summed E-state index contributed by atoms with van der Waals surface area (Å²) in [4.78, 5) is 12.3. The molecule has 0 spiro atoms. The second-order valence-electron chi connectivity index (χ2n) is 6.45. The third-order valence-electron chi connectivity index (χ3n) is 4.00. The second-order valence-corrected chi connectivity index (χ2v) is 6.45. The minimum Gasteiger partial charge on any atom is -0.394 e. The zero-order chi connectivity index (χ0) is 16.1. The van der Waals surface area contributed by atoms with E-state index in [4.69, 9.17) is 0 Å². The van der Waals surface area contributed by atoms with Crippen LogP contribution in [0.3, 0.4) is 0 Å². The summed E-state index contributed by atoms with van der Waals surface area (Å²) in [6.07, 6.45) is 0.863. The first-order chi connectivity index (χ1) is 9.74. The Labute approximate surface area is 128 Å². The predicted molar refractivity (Wildman–Crippen MR) is 86.0 cm³/mol. The third-order valence-corrected chi connectivity index (χ3v) is 4.00. The standard InChI is InChI=1S/C17H28N2O2/c1-6-16(3,4)19-15(21)13(2)18-17(5,12-20)14-10-8-7-9-11-14/h7-11,13,18,20H,6,12H2,1-5H3,(H,19,21). The Morgan fingerprint density at radius 3 is 2.29 bits per heavy atom. The number of rotatable bonds is 7. The Balaban J connectivity index is 2.80. The van der Waals surface area contributed by atoms with E-state index >= 15 is 0 Å². The van der Waals surface area contributed by atoms with Crippen LogP contribution < -0.4 is 10.6 Å². The smallest absolute Gasteiger partial charge is 0.237 e. The molecule has 0 aliphatic rings. The minimum atomic E-state index is -0.644. The Hall–Kier alpha value is -1.39. The number of aliphatic hydroxyl groups excluding tert-OH is 1. The van der Waals surface area contributed by atoms with Crippen molar-refractivity contribution in [3.63, 3.8) is 0 Å². The molecule has 0 heterocycles. The van der Waals surface area contributed by atoms with E-state index in [0.29, 0.717) is 0 Å². The maximum absolute atomic E-state index is 12.3. The number of amides is 1. The Bertz CT molecular complexity index is 459. The topological polar surface area (TPSA) is 61.4 Å².